The first-order valence-electron chi connectivity index (χ1n) is 8.12. The van der Waals surface area contributed by atoms with E-state index in [0.29, 0.717) is 0 Å². The lowest BCUT2D eigenvalue weighted by atomic mass is 9.72. The molecule has 0 amide bonds. The van der Waals surface area contributed by atoms with Gasteiger partial charge in [0, 0.05) is 12.0 Å². The van der Waals surface area contributed by atoms with Gasteiger partial charge in [-0.15, -0.1) is 0 Å². The van der Waals surface area contributed by atoms with Gasteiger partial charge in [-0.3, -0.25) is 4.79 Å². The van der Waals surface area contributed by atoms with Crippen molar-refractivity contribution in [1.82, 2.24) is 0 Å². The van der Waals surface area contributed by atoms with E-state index in [1.54, 1.807) is 0 Å². The molecule has 3 aromatic rings. The SMILES string of the molecule is O=C(O)C(CC#Cc1ccccc1)(c1ccccc1)c1ccccc1. The molecule has 0 saturated carbocycles. The third kappa shape index (κ3) is 3.46. The molecule has 25 heavy (non-hydrogen) atoms. The predicted octanol–water partition coefficient (Wildman–Crippen LogP) is 4.50. The fraction of sp³-hybridized carbons (Fsp3) is 0.0870. The summed E-state index contributed by atoms with van der Waals surface area (Å²) in [5.41, 5.74) is 1.15. The van der Waals surface area contributed by atoms with E-state index in [1.165, 1.54) is 0 Å². The average molecular weight is 326 g/mol. The highest BCUT2D eigenvalue weighted by molar-refractivity contribution is 5.86. The highest BCUT2D eigenvalue weighted by Crippen LogP contribution is 2.36. The molecule has 0 aromatic heterocycles. The Morgan fingerprint density at radius 1 is 0.760 bits per heavy atom. The maximum atomic E-state index is 12.4. The molecule has 0 atom stereocenters. The van der Waals surface area contributed by atoms with E-state index >= 15 is 0 Å². The quantitative estimate of drug-likeness (QED) is 0.717. The molecule has 0 spiro atoms. The van der Waals surface area contributed by atoms with E-state index in [2.05, 4.69) is 11.8 Å². The fourth-order valence-corrected chi connectivity index (χ4v) is 2.94. The zero-order valence-corrected chi connectivity index (χ0v) is 13.7. The van der Waals surface area contributed by atoms with Crippen LogP contribution in [-0.4, -0.2) is 11.1 Å². The molecule has 0 heterocycles. The molecule has 2 heteroatoms. The Morgan fingerprint density at radius 3 is 1.64 bits per heavy atom. The standard InChI is InChI=1S/C23H18O2/c24-22(25)23(20-14-6-2-7-15-20,21-16-8-3-9-17-21)18-10-13-19-11-4-1-5-12-19/h1-9,11-12,14-17H,18H2,(H,24,25). The van der Waals surface area contributed by atoms with Crippen LogP contribution >= 0.6 is 0 Å². The normalized spacial score (nSPS) is 10.6. The van der Waals surface area contributed by atoms with Gasteiger partial charge in [0.15, 0.2) is 0 Å². The van der Waals surface area contributed by atoms with E-state index in [9.17, 15) is 9.90 Å². The summed E-state index contributed by atoms with van der Waals surface area (Å²) in [6.07, 6.45) is 0.200. The van der Waals surface area contributed by atoms with Crippen molar-refractivity contribution in [2.75, 3.05) is 0 Å². The number of carboxylic acids is 1. The molecule has 1 N–H and O–H groups in total. The van der Waals surface area contributed by atoms with Gasteiger partial charge < -0.3 is 5.11 Å². The molecule has 3 aromatic carbocycles. The fourth-order valence-electron chi connectivity index (χ4n) is 2.94. The minimum Gasteiger partial charge on any atom is -0.480 e. The number of carboxylic acid groups (broad SMARTS) is 1. The zero-order chi connectivity index (χ0) is 17.5. The summed E-state index contributed by atoms with van der Waals surface area (Å²) in [6, 6.07) is 28.2. The number of aliphatic carboxylic acids is 1. The smallest absolute Gasteiger partial charge is 0.319 e. The third-order valence-electron chi connectivity index (χ3n) is 4.26. The first-order chi connectivity index (χ1) is 12.2. The second-order valence-electron chi connectivity index (χ2n) is 5.79. The lowest BCUT2D eigenvalue weighted by Gasteiger charge is -2.28. The second-order valence-corrected chi connectivity index (χ2v) is 5.79. The van der Waals surface area contributed by atoms with E-state index < -0.39 is 11.4 Å². The Hall–Kier alpha value is -3.31. The van der Waals surface area contributed by atoms with Crippen molar-refractivity contribution >= 4 is 5.97 Å². The molecule has 0 aliphatic rings. The largest absolute Gasteiger partial charge is 0.480 e. The van der Waals surface area contributed by atoms with Crippen LogP contribution in [0.1, 0.15) is 23.1 Å². The molecular weight excluding hydrogens is 308 g/mol. The Balaban J connectivity index is 2.09. The Morgan fingerprint density at radius 2 is 1.20 bits per heavy atom. The van der Waals surface area contributed by atoms with E-state index in [0.717, 1.165) is 16.7 Å². The third-order valence-corrected chi connectivity index (χ3v) is 4.26. The number of rotatable bonds is 4. The van der Waals surface area contributed by atoms with Gasteiger partial charge in [-0.2, -0.15) is 0 Å². The summed E-state index contributed by atoms with van der Waals surface area (Å²) < 4.78 is 0. The lowest BCUT2D eigenvalue weighted by Crippen LogP contribution is -2.36. The molecule has 0 aliphatic heterocycles. The molecule has 0 bridgehead atoms. The van der Waals surface area contributed by atoms with Crippen LogP contribution in [0.3, 0.4) is 0 Å². The highest BCUT2D eigenvalue weighted by Gasteiger charge is 2.41. The van der Waals surface area contributed by atoms with Crippen molar-refractivity contribution in [3.05, 3.63) is 108 Å². The number of benzene rings is 3. The molecule has 3 rings (SSSR count). The monoisotopic (exact) mass is 326 g/mol. The minimum atomic E-state index is -1.19. The summed E-state index contributed by atoms with van der Waals surface area (Å²) in [7, 11) is 0. The maximum Gasteiger partial charge on any atom is 0.319 e. The van der Waals surface area contributed by atoms with Crippen molar-refractivity contribution in [3.63, 3.8) is 0 Å². The van der Waals surface area contributed by atoms with Crippen molar-refractivity contribution in [3.8, 4) is 11.8 Å². The van der Waals surface area contributed by atoms with Gasteiger partial charge in [-0.05, 0) is 23.3 Å². The first-order valence-corrected chi connectivity index (χ1v) is 8.12. The van der Waals surface area contributed by atoms with Gasteiger partial charge in [0.2, 0.25) is 0 Å². The van der Waals surface area contributed by atoms with Crippen molar-refractivity contribution in [2.45, 2.75) is 11.8 Å². The number of hydrogen-bond donors (Lipinski definition) is 1. The van der Waals surface area contributed by atoms with Crippen LogP contribution in [-0.2, 0) is 10.2 Å². The average Bonchev–Trinajstić information content (AvgIpc) is 2.67. The van der Waals surface area contributed by atoms with Crippen molar-refractivity contribution in [1.29, 1.82) is 0 Å². The molecule has 0 unspecified atom stereocenters. The first kappa shape index (κ1) is 16.5. The van der Waals surface area contributed by atoms with Crippen LogP contribution in [0.25, 0.3) is 0 Å². The summed E-state index contributed by atoms with van der Waals surface area (Å²) >= 11 is 0. The molecule has 0 radical (unpaired) electrons. The molecular formula is C23H18O2. The molecule has 122 valence electrons. The summed E-state index contributed by atoms with van der Waals surface area (Å²) in [6.45, 7) is 0. The molecule has 0 aliphatic carbocycles. The Labute approximate surface area is 147 Å². The zero-order valence-electron chi connectivity index (χ0n) is 13.7. The van der Waals surface area contributed by atoms with E-state index in [1.807, 2.05) is 91.0 Å². The molecule has 0 fully saturated rings. The number of hydrogen-bond acceptors (Lipinski definition) is 1. The summed E-state index contributed by atoms with van der Waals surface area (Å²) in [4.78, 5) is 12.4. The number of carbonyl (C=O) groups is 1. The van der Waals surface area contributed by atoms with Gasteiger partial charge in [0.25, 0.3) is 0 Å². The summed E-state index contributed by atoms with van der Waals surface area (Å²) in [5.74, 6) is 5.27. The lowest BCUT2D eigenvalue weighted by molar-refractivity contribution is -0.142. The van der Waals surface area contributed by atoms with Gasteiger partial charge in [0.05, 0.1) is 0 Å². The van der Waals surface area contributed by atoms with Crippen LogP contribution in [0, 0.1) is 11.8 Å². The Kier molecular flexibility index (Phi) is 4.97. The van der Waals surface area contributed by atoms with E-state index in [4.69, 9.17) is 0 Å². The van der Waals surface area contributed by atoms with E-state index in [-0.39, 0.29) is 6.42 Å². The second kappa shape index (κ2) is 7.51. The van der Waals surface area contributed by atoms with Gasteiger partial charge >= 0.3 is 5.97 Å². The molecule has 2 nitrogen and oxygen atoms in total. The van der Waals surface area contributed by atoms with Crippen LogP contribution in [0.4, 0.5) is 0 Å². The van der Waals surface area contributed by atoms with Gasteiger partial charge in [0.1, 0.15) is 5.41 Å². The van der Waals surface area contributed by atoms with Gasteiger partial charge in [-0.1, -0.05) is 90.7 Å². The predicted molar refractivity (Wildman–Crippen MR) is 99.2 cm³/mol. The topological polar surface area (TPSA) is 37.3 Å². The van der Waals surface area contributed by atoms with Crippen LogP contribution in [0.15, 0.2) is 91.0 Å². The highest BCUT2D eigenvalue weighted by atomic mass is 16.4. The van der Waals surface area contributed by atoms with Crippen molar-refractivity contribution in [2.24, 2.45) is 0 Å². The molecule has 0 saturated heterocycles. The summed E-state index contributed by atoms with van der Waals surface area (Å²) in [5, 5.41) is 10.2. The van der Waals surface area contributed by atoms with Crippen LogP contribution < -0.4 is 0 Å². The van der Waals surface area contributed by atoms with Crippen LogP contribution in [0.2, 0.25) is 0 Å². The van der Waals surface area contributed by atoms with Crippen LogP contribution in [0.5, 0.6) is 0 Å². The maximum absolute atomic E-state index is 12.4. The minimum absolute atomic E-state index is 0.200. The van der Waals surface area contributed by atoms with Crippen molar-refractivity contribution < 1.29 is 9.90 Å². The van der Waals surface area contributed by atoms with Gasteiger partial charge in [-0.25, -0.2) is 0 Å². The Bertz CT molecular complexity index is 849.